The Morgan fingerprint density at radius 1 is 1.44 bits per heavy atom. The highest BCUT2D eigenvalue weighted by Gasteiger charge is 2.17. The van der Waals surface area contributed by atoms with Crippen LogP contribution in [0.15, 0.2) is 28.8 Å². The summed E-state index contributed by atoms with van der Waals surface area (Å²) >= 11 is 0. The van der Waals surface area contributed by atoms with Gasteiger partial charge in [0.05, 0.1) is 12.3 Å². The Morgan fingerprint density at radius 2 is 2.22 bits per heavy atom. The number of aromatic nitrogens is 1. The van der Waals surface area contributed by atoms with E-state index in [1.807, 2.05) is 0 Å². The highest BCUT2D eigenvalue weighted by molar-refractivity contribution is 6.05. The van der Waals surface area contributed by atoms with Crippen molar-refractivity contribution >= 4 is 11.6 Å². The van der Waals surface area contributed by atoms with Gasteiger partial charge in [-0.05, 0) is 31.5 Å². The monoisotopic (exact) mass is 246 g/mol. The molecule has 2 aromatic rings. The normalized spacial score (nSPS) is 10.4. The Hall–Kier alpha value is -2.14. The van der Waals surface area contributed by atoms with E-state index in [1.54, 1.807) is 38.1 Å². The van der Waals surface area contributed by atoms with Crippen LogP contribution in [0, 0.1) is 13.8 Å². The number of benzene rings is 1. The number of nitrogens with zero attached hydrogens (tertiary/aromatic N) is 1. The van der Waals surface area contributed by atoms with Crippen LogP contribution in [0.25, 0.3) is 0 Å². The fourth-order valence-corrected chi connectivity index (χ4v) is 1.75. The van der Waals surface area contributed by atoms with Gasteiger partial charge in [-0.25, -0.2) is 0 Å². The predicted molar refractivity (Wildman–Crippen MR) is 66.3 cm³/mol. The number of carbonyl (C=O) groups is 1. The highest BCUT2D eigenvalue weighted by atomic mass is 16.5. The van der Waals surface area contributed by atoms with Crippen LogP contribution in [-0.2, 0) is 6.61 Å². The molecule has 0 radical (unpaired) electrons. The van der Waals surface area contributed by atoms with E-state index in [-0.39, 0.29) is 12.5 Å². The number of carbonyl (C=O) groups excluding carboxylic acids is 1. The topological polar surface area (TPSA) is 75.4 Å². The van der Waals surface area contributed by atoms with Crippen LogP contribution >= 0.6 is 0 Å². The molecule has 1 heterocycles. The molecule has 1 aromatic carbocycles. The maximum absolute atomic E-state index is 12.0. The van der Waals surface area contributed by atoms with Crippen molar-refractivity contribution in [2.24, 2.45) is 0 Å². The van der Waals surface area contributed by atoms with Crippen LogP contribution in [0.1, 0.15) is 27.4 Å². The fourth-order valence-electron chi connectivity index (χ4n) is 1.75. The van der Waals surface area contributed by atoms with Gasteiger partial charge in [0.15, 0.2) is 0 Å². The molecule has 0 saturated heterocycles. The summed E-state index contributed by atoms with van der Waals surface area (Å²) in [4.78, 5) is 12.0. The number of aliphatic hydroxyl groups excluding tert-OH is 1. The number of hydrogen-bond acceptors (Lipinski definition) is 4. The molecule has 2 rings (SSSR count). The van der Waals surface area contributed by atoms with Gasteiger partial charge in [0.1, 0.15) is 11.3 Å². The molecule has 1 aromatic heterocycles. The van der Waals surface area contributed by atoms with Gasteiger partial charge in [-0.2, -0.15) is 0 Å². The smallest absolute Gasteiger partial charge is 0.261 e. The predicted octanol–water partition coefficient (Wildman–Crippen LogP) is 2.04. The fraction of sp³-hybridized carbons (Fsp3) is 0.231. The molecule has 0 saturated carbocycles. The average molecular weight is 246 g/mol. The van der Waals surface area contributed by atoms with Crippen LogP contribution in [-0.4, -0.2) is 16.2 Å². The molecule has 0 bridgehead atoms. The van der Waals surface area contributed by atoms with Crippen LogP contribution in [0.3, 0.4) is 0 Å². The zero-order valence-corrected chi connectivity index (χ0v) is 10.2. The minimum Gasteiger partial charge on any atom is -0.392 e. The van der Waals surface area contributed by atoms with Crippen molar-refractivity contribution in [1.82, 2.24) is 5.16 Å². The lowest BCUT2D eigenvalue weighted by Crippen LogP contribution is -2.13. The van der Waals surface area contributed by atoms with Crippen LogP contribution in [0.4, 0.5) is 5.69 Å². The molecule has 1 amide bonds. The molecule has 0 aliphatic rings. The van der Waals surface area contributed by atoms with Crippen molar-refractivity contribution in [3.63, 3.8) is 0 Å². The summed E-state index contributed by atoms with van der Waals surface area (Å²) in [6.07, 6.45) is 0. The Labute approximate surface area is 104 Å². The minimum atomic E-state index is -0.263. The SMILES string of the molecule is Cc1noc(C)c1C(=O)Nc1cccc(CO)c1. The second-order valence-corrected chi connectivity index (χ2v) is 4.01. The largest absolute Gasteiger partial charge is 0.392 e. The van der Waals surface area contributed by atoms with Crippen LogP contribution < -0.4 is 5.32 Å². The quantitative estimate of drug-likeness (QED) is 0.869. The van der Waals surface area contributed by atoms with Gasteiger partial charge < -0.3 is 14.9 Å². The summed E-state index contributed by atoms with van der Waals surface area (Å²) < 4.78 is 4.95. The molecule has 0 spiro atoms. The van der Waals surface area contributed by atoms with Crippen molar-refractivity contribution < 1.29 is 14.4 Å². The molecule has 94 valence electrons. The average Bonchev–Trinajstić information content (AvgIpc) is 2.69. The van der Waals surface area contributed by atoms with E-state index in [1.165, 1.54) is 0 Å². The molecule has 0 fully saturated rings. The van der Waals surface area contributed by atoms with E-state index in [2.05, 4.69) is 10.5 Å². The van der Waals surface area contributed by atoms with Crippen molar-refractivity contribution in [2.45, 2.75) is 20.5 Å². The van der Waals surface area contributed by atoms with Gasteiger partial charge in [0, 0.05) is 5.69 Å². The number of aryl methyl sites for hydroxylation is 2. The van der Waals surface area contributed by atoms with E-state index >= 15 is 0 Å². The highest BCUT2D eigenvalue weighted by Crippen LogP contribution is 2.16. The third kappa shape index (κ3) is 2.41. The first-order valence-corrected chi connectivity index (χ1v) is 5.56. The van der Waals surface area contributed by atoms with Crippen molar-refractivity contribution in [2.75, 3.05) is 5.32 Å². The molecule has 0 atom stereocenters. The zero-order chi connectivity index (χ0) is 13.1. The van der Waals surface area contributed by atoms with Crippen molar-refractivity contribution in [3.05, 3.63) is 46.8 Å². The summed E-state index contributed by atoms with van der Waals surface area (Å²) in [7, 11) is 0. The Balaban J connectivity index is 2.21. The second-order valence-electron chi connectivity index (χ2n) is 4.01. The molecular formula is C13H14N2O3. The molecule has 5 heteroatoms. The zero-order valence-electron chi connectivity index (χ0n) is 10.2. The Morgan fingerprint density at radius 3 is 2.83 bits per heavy atom. The van der Waals surface area contributed by atoms with E-state index in [9.17, 15) is 4.79 Å². The molecule has 0 unspecified atom stereocenters. The van der Waals surface area contributed by atoms with Gasteiger partial charge >= 0.3 is 0 Å². The summed E-state index contributed by atoms with van der Waals surface area (Å²) in [6.45, 7) is 3.35. The van der Waals surface area contributed by atoms with E-state index in [4.69, 9.17) is 9.63 Å². The van der Waals surface area contributed by atoms with Gasteiger partial charge in [0.2, 0.25) is 0 Å². The molecule has 18 heavy (non-hydrogen) atoms. The second kappa shape index (κ2) is 5.01. The lowest BCUT2D eigenvalue weighted by molar-refractivity contribution is 0.102. The Kier molecular flexibility index (Phi) is 3.43. The molecule has 0 aliphatic heterocycles. The van der Waals surface area contributed by atoms with Gasteiger partial charge in [0.25, 0.3) is 5.91 Å². The van der Waals surface area contributed by atoms with Gasteiger partial charge in [-0.1, -0.05) is 17.3 Å². The van der Waals surface area contributed by atoms with E-state index in [0.29, 0.717) is 22.7 Å². The maximum atomic E-state index is 12.0. The number of amides is 1. The van der Waals surface area contributed by atoms with Crippen LogP contribution in [0.5, 0.6) is 0 Å². The van der Waals surface area contributed by atoms with E-state index < -0.39 is 0 Å². The summed E-state index contributed by atoms with van der Waals surface area (Å²) in [5.41, 5.74) is 2.38. The van der Waals surface area contributed by atoms with E-state index in [0.717, 1.165) is 5.56 Å². The van der Waals surface area contributed by atoms with Crippen LogP contribution in [0.2, 0.25) is 0 Å². The molecule has 0 aliphatic carbocycles. The lowest BCUT2D eigenvalue weighted by atomic mass is 10.1. The third-order valence-electron chi connectivity index (χ3n) is 2.63. The molecule has 2 N–H and O–H groups in total. The molecular weight excluding hydrogens is 232 g/mol. The Bertz CT molecular complexity index is 556. The number of rotatable bonds is 3. The van der Waals surface area contributed by atoms with Crippen molar-refractivity contribution in [1.29, 1.82) is 0 Å². The minimum absolute atomic E-state index is 0.0605. The lowest BCUT2D eigenvalue weighted by Gasteiger charge is -2.06. The molecule has 5 nitrogen and oxygen atoms in total. The number of hydrogen-bond donors (Lipinski definition) is 2. The first-order chi connectivity index (χ1) is 8.61. The number of aliphatic hydroxyl groups is 1. The summed E-state index contributed by atoms with van der Waals surface area (Å²) in [5, 5.41) is 15.5. The third-order valence-corrected chi connectivity index (χ3v) is 2.63. The summed E-state index contributed by atoms with van der Waals surface area (Å²) in [5.74, 6) is 0.227. The van der Waals surface area contributed by atoms with Crippen molar-refractivity contribution in [3.8, 4) is 0 Å². The maximum Gasteiger partial charge on any atom is 0.261 e. The first-order valence-electron chi connectivity index (χ1n) is 5.56. The van der Waals surface area contributed by atoms with Gasteiger partial charge in [-0.3, -0.25) is 4.79 Å². The first kappa shape index (κ1) is 12.3. The number of anilines is 1. The number of nitrogens with one attached hydrogen (secondary N) is 1. The summed E-state index contributed by atoms with van der Waals surface area (Å²) in [6, 6.07) is 7.03. The standard InChI is InChI=1S/C13H14N2O3/c1-8-12(9(2)18-15-8)13(17)14-11-5-3-4-10(6-11)7-16/h3-6,16H,7H2,1-2H3,(H,14,17). The van der Waals surface area contributed by atoms with Gasteiger partial charge in [-0.15, -0.1) is 0 Å².